The van der Waals surface area contributed by atoms with Gasteiger partial charge < -0.3 is 14.7 Å². The highest BCUT2D eigenvalue weighted by Gasteiger charge is 2.44. The number of carbonyl (C=O) groups excluding carboxylic acids is 1. The minimum Gasteiger partial charge on any atom is -0.361 e. The van der Waals surface area contributed by atoms with Crippen LogP contribution in [0.1, 0.15) is 62.1 Å². The number of likely N-dealkylation sites (tertiary alicyclic amines) is 1. The number of aryl methyl sites for hydroxylation is 2. The van der Waals surface area contributed by atoms with Gasteiger partial charge in [-0.2, -0.15) is 0 Å². The van der Waals surface area contributed by atoms with Gasteiger partial charge >= 0.3 is 6.03 Å². The molecule has 2 aliphatic rings. The summed E-state index contributed by atoms with van der Waals surface area (Å²) in [6.07, 6.45) is 5.91. The van der Waals surface area contributed by atoms with Crippen LogP contribution in [0.15, 0.2) is 4.52 Å². The third kappa shape index (κ3) is 2.54. The van der Waals surface area contributed by atoms with Crippen LogP contribution in [0.4, 0.5) is 4.79 Å². The molecule has 1 unspecified atom stereocenters. The lowest BCUT2D eigenvalue weighted by Crippen LogP contribution is -2.42. The van der Waals surface area contributed by atoms with Crippen LogP contribution in [0.5, 0.6) is 0 Å². The zero-order chi connectivity index (χ0) is 15.0. The molecule has 1 saturated carbocycles. The largest absolute Gasteiger partial charge is 0.361 e. The third-order valence-corrected chi connectivity index (χ3v) is 5.28. The highest BCUT2D eigenvalue weighted by molar-refractivity contribution is 5.75. The van der Waals surface area contributed by atoms with Crippen molar-refractivity contribution >= 4 is 6.03 Å². The third-order valence-electron chi connectivity index (χ3n) is 5.28. The van der Waals surface area contributed by atoms with Gasteiger partial charge in [-0.1, -0.05) is 18.5 Å². The molecule has 1 N–H and O–H groups in total. The Hall–Kier alpha value is -1.52. The summed E-state index contributed by atoms with van der Waals surface area (Å²) in [5.41, 5.74) is 2.35. The molecule has 1 aromatic heterocycles. The molecule has 21 heavy (non-hydrogen) atoms. The first-order valence-corrected chi connectivity index (χ1v) is 8.03. The average Bonchev–Trinajstić information content (AvgIpc) is 3.01. The Labute approximate surface area is 126 Å². The van der Waals surface area contributed by atoms with Crippen molar-refractivity contribution < 1.29 is 9.32 Å². The van der Waals surface area contributed by atoms with Gasteiger partial charge in [-0.15, -0.1) is 0 Å². The molecule has 5 heteroatoms. The van der Waals surface area contributed by atoms with E-state index in [0.29, 0.717) is 5.41 Å². The highest BCUT2D eigenvalue weighted by Crippen LogP contribution is 2.47. The van der Waals surface area contributed by atoms with Crippen LogP contribution in [0, 0.1) is 19.3 Å². The Bertz CT molecular complexity index is 514. The minimum absolute atomic E-state index is 0.0123. The number of urea groups is 1. The van der Waals surface area contributed by atoms with Crippen LogP contribution in [0.25, 0.3) is 0 Å². The van der Waals surface area contributed by atoms with Crippen molar-refractivity contribution in [2.45, 2.75) is 58.9 Å². The van der Waals surface area contributed by atoms with Crippen LogP contribution in [0.3, 0.4) is 0 Å². The fourth-order valence-corrected chi connectivity index (χ4v) is 3.80. The van der Waals surface area contributed by atoms with E-state index in [0.717, 1.165) is 36.5 Å². The van der Waals surface area contributed by atoms with Gasteiger partial charge in [0.25, 0.3) is 0 Å². The van der Waals surface area contributed by atoms with Gasteiger partial charge in [-0.25, -0.2) is 4.79 Å². The van der Waals surface area contributed by atoms with Crippen LogP contribution in [0.2, 0.25) is 0 Å². The van der Waals surface area contributed by atoms with Gasteiger partial charge in [-0.05, 0) is 44.9 Å². The van der Waals surface area contributed by atoms with Crippen molar-refractivity contribution in [3.63, 3.8) is 0 Å². The van der Waals surface area contributed by atoms with Gasteiger partial charge in [0.2, 0.25) is 0 Å². The number of carbonyl (C=O) groups is 1. The molecule has 2 heterocycles. The first-order chi connectivity index (χ1) is 10.0. The van der Waals surface area contributed by atoms with Gasteiger partial charge in [-0.3, -0.25) is 0 Å². The second-order valence-electron chi connectivity index (χ2n) is 6.67. The highest BCUT2D eigenvalue weighted by atomic mass is 16.5. The number of rotatable bonds is 3. The van der Waals surface area contributed by atoms with Crippen LogP contribution < -0.4 is 5.32 Å². The smallest absolute Gasteiger partial charge is 0.317 e. The van der Waals surface area contributed by atoms with Gasteiger partial charge in [0.05, 0.1) is 11.7 Å². The summed E-state index contributed by atoms with van der Waals surface area (Å²) < 4.78 is 5.23. The zero-order valence-corrected chi connectivity index (χ0v) is 13.2. The van der Waals surface area contributed by atoms with E-state index in [1.807, 2.05) is 18.7 Å². The first-order valence-electron chi connectivity index (χ1n) is 8.03. The molecule has 1 aliphatic heterocycles. The number of aromatic nitrogens is 1. The predicted octanol–water partition coefficient (Wildman–Crippen LogP) is 3.33. The van der Waals surface area contributed by atoms with Crippen LogP contribution >= 0.6 is 0 Å². The summed E-state index contributed by atoms with van der Waals surface area (Å²) in [6, 6.07) is 0.0484. The molecule has 1 aromatic rings. The van der Waals surface area contributed by atoms with Crippen molar-refractivity contribution in [1.82, 2.24) is 15.4 Å². The molecule has 116 valence electrons. The van der Waals surface area contributed by atoms with E-state index in [1.54, 1.807) is 0 Å². The number of hydrogen-bond acceptors (Lipinski definition) is 3. The molecule has 5 nitrogen and oxygen atoms in total. The number of amides is 2. The SMILES string of the molecule is CCC(NC(=O)N1CCC2(CCC2)C1)c1c(C)noc1C. The summed E-state index contributed by atoms with van der Waals surface area (Å²) in [7, 11) is 0. The van der Waals surface area contributed by atoms with E-state index >= 15 is 0 Å². The molecular weight excluding hydrogens is 266 g/mol. The lowest BCUT2D eigenvalue weighted by Gasteiger charge is -2.38. The average molecular weight is 291 g/mol. The van der Waals surface area contributed by atoms with Gasteiger partial charge in [0.15, 0.2) is 0 Å². The summed E-state index contributed by atoms with van der Waals surface area (Å²) >= 11 is 0. The molecule has 1 atom stereocenters. The maximum atomic E-state index is 12.5. The van der Waals surface area contributed by atoms with E-state index in [1.165, 1.54) is 25.7 Å². The fraction of sp³-hybridized carbons (Fsp3) is 0.750. The number of hydrogen-bond donors (Lipinski definition) is 1. The second-order valence-corrected chi connectivity index (χ2v) is 6.67. The Kier molecular flexibility index (Phi) is 3.68. The fourth-order valence-electron chi connectivity index (χ4n) is 3.80. The van der Waals surface area contributed by atoms with E-state index < -0.39 is 0 Å². The number of nitrogens with one attached hydrogen (secondary N) is 1. The number of nitrogens with zero attached hydrogens (tertiary/aromatic N) is 2. The van der Waals surface area contributed by atoms with Crippen LogP contribution in [-0.2, 0) is 0 Å². The Morgan fingerprint density at radius 3 is 2.67 bits per heavy atom. The summed E-state index contributed by atoms with van der Waals surface area (Å²) in [4.78, 5) is 14.5. The van der Waals surface area contributed by atoms with Gasteiger partial charge in [0.1, 0.15) is 5.76 Å². The molecular formula is C16H25N3O2. The topological polar surface area (TPSA) is 58.4 Å². The minimum atomic E-state index is -0.0123. The zero-order valence-electron chi connectivity index (χ0n) is 13.2. The Balaban J connectivity index is 1.66. The van der Waals surface area contributed by atoms with E-state index in [-0.39, 0.29) is 12.1 Å². The summed E-state index contributed by atoms with van der Waals surface area (Å²) in [6.45, 7) is 7.73. The summed E-state index contributed by atoms with van der Waals surface area (Å²) in [5, 5.41) is 7.16. The molecule has 1 saturated heterocycles. The molecule has 1 spiro atoms. The maximum absolute atomic E-state index is 12.5. The standard InChI is InChI=1S/C16H25N3O2/c1-4-13(14-11(2)18-21-12(14)3)17-15(20)19-9-8-16(10-19)6-5-7-16/h13H,4-10H2,1-3H3,(H,17,20). The van der Waals surface area contributed by atoms with E-state index in [2.05, 4.69) is 17.4 Å². The molecule has 0 radical (unpaired) electrons. The molecule has 2 fully saturated rings. The first kappa shape index (κ1) is 14.4. The van der Waals surface area contributed by atoms with E-state index in [9.17, 15) is 4.79 Å². The summed E-state index contributed by atoms with van der Waals surface area (Å²) in [5.74, 6) is 0.802. The van der Waals surface area contributed by atoms with Crippen molar-refractivity contribution in [1.29, 1.82) is 0 Å². The molecule has 0 bridgehead atoms. The lowest BCUT2D eigenvalue weighted by atomic mass is 9.68. The second kappa shape index (κ2) is 5.35. The van der Waals surface area contributed by atoms with Crippen LogP contribution in [-0.4, -0.2) is 29.2 Å². The molecule has 1 aliphatic carbocycles. The Morgan fingerprint density at radius 1 is 1.43 bits per heavy atom. The molecule has 3 rings (SSSR count). The normalized spacial score (nSPS) is 21.4. The monoisotopic (exact) mass is 291 g/mol. The lowest BCUT2D eigenvalue weighted by molar-refractivity contribution is 0.140. The maximum Gasteiger partial charge on any atom is 0.317 e. The molecule has 0 aromatic carbocycles. The van der Waals surface area contributed by atoms with E-state index in [4.69, 9.17) is 4.52 Å². The van der Waals surface area contributed by atoms with Crippen molar-refractivity contribution in [3.05, 3.63) is 17.0 Å². The van der Waals surface area contributed by atoms with Gasteiger partial charge in [0, 0.05) is 18.7 Å². The predicted molar refractivity (Wildman–Crippen MR) is 80.0 cm³/mol. The molecule has 2 amide bonds. The quantitative estimate of drug-likeness (QED) is 0.929. The van der Waals surface area contributed by atoms with Crippen molar-refractivity contribution in [3.8, 4) is 0 Å². The van der Waals surface area contributed by atoms with Crippen molar-refractivity contribution in [2.24, 2.45) is 5.41 Å². The van der Waals surface area contributed by atoms with Crippen molar-refractivity contribution in [2.75, 3.05) is 13.1 Å². The Morgan fingerprint density at radius 2 is 2.19 bits per heavy atom.